The second-order valence-electron chi connectivity index (χ2n) is 5.62. The first kappa shape index (κ1) is 17.0. The molecule has 0 bridgehead atoms. The van der Waals surface area contributed by atoms with Crippen molar-refractivity contribution in [3.05, 3.63) is 68.1 Å². The number of carbonyl (C=O) groups excluding carboxylic acids is 1. The summed E-state index contributed by atoms with van der Waals surface area (Å²) in [6.45, 7) is 1.19. The van der Waals surface area contributed by atoms with Gasteiger partial charge in [0.2, 0.25) is 0 Å². The first-order chi connectivity index (χ1) is 11.5. The highest BCUT2D eigenvalue weighted by Gasteiger charge is 2.27. The third-order valence-electron chi connectivity index (χ3n) is 4.02. The van der Waals surface area contributed by atoms with Gasteiger partial charge < -0.3 is 14.2 Å². The minimum Gasteiger partial charge on any atom is -0.370 e. The molecule has 1 aliphatic heterocycles. The van der Waals surface area contributed by atoms with Crippen molar-refractivity contribution in [1.29, 1.82) is 0 Å². The number of nitrogens with zero attached hydrogens (tertiary/aromatic N) is 2. The molecule has 0 aliphatic carbocycles. The highest BCUT2D eigenvalue weighted by Crippen LogP contribution is 2.29. The van der Waals surface area contributed by atoms with E-state index in [1.54, 1.807) is 42.4 Å². The average Bonchev–Trinajstić information content (AvgIpc) is 2.59. The van der Waals surface area contributed by atoms with Gasteiger partial charge in [-0.2, -0.15) is 0 Å². The van der Waals surface area contributed by atoms with Crippen LogP contribution in [0, 0.1) is 0 Å². The number of aryl methyl sites for hydroxylation is 1. The molecule has 1 saturated heterocycles. The van der Waals surface area contributed by atoms with Crippen molar-refractivity contribution in [2.75, 3.05) is 19.7 Å². The van der Waals surface area contributed by atoms with E-state index >= 15 is 0 Å². The lowest BCUT2D eigenvalue weighted by atomic mass is 10.1. The second kappa shape index (κ2) is 6.97. The molecule has 5 nitrogen and oxygen atoms in total. The van der Waals surface area contributed by atoms with Gasteiger partial charge in [0.1, 0.15) is 11.7 Å². The molecule has 1 amide bonds. The SMILES string of the molecule is Cn1cccc(C(=O)N2CCO[C@@H](c3ccc(Cl)c(Cl)c3)C2)c1=O. The van der Waals surface area contributed by atoms with Gasteiger partial charge in [0.05, 0.1) is 23.2 Å². The van der Waals surface area contributed by atoms with E-state index in [0.717, 1.165) is 5.56 Å². The molecule has 0 radical (unpaired) electrons. The summed E-state index contributed by atoms with van der Waals surface area (Å²) >= 11 is 12.0. The summed E-state index contributed by atoms with van der Waals surface area (Å²) in [5.41, 5.74) is 0.706. The van der Waals surface area contributed by atoms with Crippen molar-refractivity contribution < 1.29 is 9.53 Å². The van der Waals surface area contributed by atoms with E-state index in [0.29, 0.717) is 29.7 Å². The highest BCUT2D eigenvalue weighted by atomic mass is 35.5. The van der Waals surface area contributed by atoms with E-state index in [1.807, 2.05) is 6.07 Å². The molecule has 126 valence electrons. The van der Waals surface area contributed by atoms with Crippen LogP contribution in [0.4, 0.5) is 0 Å². The van der Waals surface area contributed by atoms with Crippen molar-refractivity contribution in [3.63, 3.8) is 0 Å². The monoisotopic (exact) mass is 366 g/mol. The Bertz CT molecular complexity index is 835. The van der Waals surface area contributed by atoms with Gasteiger partial charge in [-0.1, -0.05) is 29.3 Å². The number of hydrogen-bond donors (Lipinski definition) is 0. The molecule has 1 aromatic carbocycles. The van der Waals surface area contributed by atoms with Gasteiger partial charge in [-0.15, -0.1) is 0 Å². The normalized spacial score (nSPS) is 17.8. The summed E-state index contributed by atoms with van der Waals surface area (Å²) in [7, 11) is 1.62. The number of halogens is 2. The Balaban J connectivity index is 1.82. The van der Waals surface area contributed by atoms with E-state index < -0.39 is 0 Å². The van der Waals surface area contributed by atoms with Crippen molar-refractivity contribution in [2.45, 2.75) is 6.10 Å². The van der Waals surface area contributed by atoms with Crippen LogP contribution in [0.1, 0.15) is 22.0 Å². The Hall–Kier alpha value is -1.82. The number of hydrogen-bond acceptors (Lipinski definition) is 3. The zero-order chi connectivity index (χ0) is 17.3. The molecule has 1 fully saturated rings. The fraction of sp³-hybridized carbons (Fsp3) is 0.294. The maximum atomic E-state index is 12.7. The maximum absolute atomic E-state index is 12.7. The Labute approximate surface area is 149 Å². The summed E-state index contributed by atoms with van der Waals surface area (Å²) in [6.07, 6.45) is 1.32. The number of benzene rings is 1. The van der Waals surface area contributed by atoms with Crippen molar-refractivity contribution in [1.82, 2.24) is 9.47 Å². The van der Waals surface area contributed by atoms with Crippen LogP contribution in [0.5, 0.6) is 0 Å². The van der Waals surface area contributed by atoms with Crippen LogP contribution < -0.4 is 5.56 Å². The van der Waals surface area contributed by atoms with Gasteiger partial charge >= 0.3 is 0 Å². The molecule has 1 aliphatic rings. The van der Waals surface area contributed by atoms with Crippen molar-refractivity contribution >= 4 is 29.1 Å². The number of amides is 1. The van der Waals surface area contributed by atoms with Crippen LogP contribution in [-0.2, 0) is 11.8 Å². The van der Waals surface area contributed by atoms with Crippen molar-refractivity contribution in [2.24, 2.45) is 7.05 Å². The largest absolute Gasteiger partial charge is 0.370 e. The quantitative estimate of drug-likeness (QED) is 0.820. The molecule has 3 rings (SSSR count). The van der Waals surface area contributed by atoms with Gasteiger partial charge in [0.25, 0.3) is 11.5 Å². The molecular formula is C17H16Cl2N2O3. The Morgan fingerprint density at radius 1 is 1.25 bits per heavy atom. The summed E-state index contributed by atoms with van der Waals surface area (Å²) < 4.78 is 7.14. The number of aromatic nitrogens is 1. The Kier molecular flexibility index (Phi) is 4.94. The molecule has 2 aromatic rings. The first-order valence-electron chi connectivity index (χ1n) is 7.49. The fourth-order valence-electron chi connectivity index (χ4n) is 2.68. The lowest BCUT2D eigenvalue weighted by Gasteiger charge is -2.33. The number of ether oxygens (including phenoxy) is 1. The number of morpholine rings is 1. The summed E-state index contributed by atoms with van der Waals surface area (Å²) in [5.74, 6) is -0.287. The number of pyridine rings is 1. The average molecular weight is 367 g/mol. The molecule has 0 unspecified atom stereocenters. The predicted molar refractivity (Wildman–Crippen MR) is 92.7 cm³/mol. The first-order valence-corrected chi connectivity index (χ1v) is 8.24. The fourth-order valence-corrected chi connectivity index (χ4v) is 2.99. The lowest BCUT2D eigenvalue weighted by molar-refractivity contribution is -0.0228. The Morgan fingerprint density at radius 2 is 2.04 bits per heavy atom. The maximum Gasteiger partial charge on any atom is 0.263 e. The minimum atomic E-state index is -0.305. The molecule has 7 heteroatoms. The van der Waals surface area contributed by atoms with E-state index in [-0.39, 0.29) is 23.1 Å². The molecular weight excluding hydrogens is 351 g/mol. The third kappa shape index (κ3) is 3.34. The van der Waals surface area contributed by atoms with Crippen molar-refractivity contribution in [3.8, 4) is 0 Å². The zero-order valence-electron chi connectivity index (χ0n) is 13.0. The van der Waals surface area contributed by atoms with Gasteiger partial charge in [-0.05, 0) is 29.8 Å². The minimum absolute atomic E-state index is 0.162. The summed E-state index contributed by atoms with van der Waals surface area (Å²) in [5, 5.41) is 0.912. The molecule has 0 saturated carbocycles. The Morgan fingerprint density at radius 3 is 2.79 bits per heavy atom. The van der Waals surface area contributed by atoms with Gasteiger partial charge in [0.15, 0.2) is 0 Å². The van der Waals surface area contributed by atoms with Gasteiger partial charge in [-0.25, -0.2) is 0 Å². The molecule has 0 N–H and O–H groups in total. The smallest absolute Gasteiger partial charge is 0.263 e. The standard InChI is InChI=1S/C17H16Cl2N2O3/c1-20-6-2-3-12(16(20)22)17(23)21-7-8-24-15(10-21)11-4-5-13(18)14(19)9-11/h2-6,9,15H,7-8,10H2,1H3/t15-/m1/s1. The van der Waals surface area contributed by atoms with E-state index in [1.165, 1.54) is 4.57 Å². The van der Waals surface area contributed by atoms with Crippen LogP contribution in [0.15, 0.2) is 41.3 Å². The molecule has 1 atom stereocenters. The van der Waals surface area contributed by atoms with Crippen LogP contribution in [-0.4, -0.2) is 35.1 Å². The molecule has 1 aromatic heterocycles. The molecule has 0 spiro atoms. The van der Waals surface area contributed by atoms with E-state index in [2.05, 4.69) is 0 Å². The number of carbonyl (C=O) groups is 1. The summed E-state index contributed by atoms with van der Waals surface area (Å²) in [6, 6.07) is 8.51. The zero-order valence-corrected chi connectivity index (χ0v) is 14.5. The van der Waals surface area contributed by atoms with Crippen LogP contribution >= 0.6 is 23.2 Å². The predicted octanol–water partition coefficient (Wildman–Crippen LogP) is 2.91. The third-order valence-corrected chi connectivity index (χ3v) is 4.76. The van der Waals surface area contributed by atoms with E-state index in [4.69, 9.17) is 27.9 Å². The van der Waals surface area contributed by atoms with Gasteiger partial charge in [0, 0.05) is 19.8 Å². The van der Waals surface area contributed by atoms with Crippen LogP contribution in [0.2, 0.25) is 10.0 Å². The summed E-state index contributed by atoms with van der Waals surface area (Å²) in [4.78, 5) is 26.5. The van der Waals surface area contributed by atoms with Crippen LogP contribution in [0.3, 0.4) is 0 Å². The van der Waals surface area contributed by atoms with Gasteiger partial charge in [-0.3, -0.25) is 9.59 Å². The van der Waals surface area contributed by atoms with Crippen LogP contribution in [0.25, 0.3) is 0 Å². The lowest BCUT2D eigenvalue weighted by Crippen LogP contribution is -2.44. The molecule has 24 heavy (non-hydrogen) atoms. The second-order valence-corrected chi connectivity index (χ2v) is 6.44. The van der Waals surface area contributed by atoms with E-state index in [9.17, 15) is 9.59 Å². The highest BCUT2D eigenvalue weighted by molar-refractivity contribution is 6.42. The number of rotatable bonds is 2. The molecule has 2 heterocycles. The topological polar surface area (TPSA) is 51.5 Å².